The Bertz CT molecular complexity index is 429. The quantitative estimate of drug-likeness (QED) is 0.877. The van der Waals surface area contributed by atoms with Crippen LogP contribution >= 0.6 is 0 Å². The van der Waals surface area contributed by atoms with Gasteiger partial charge in [0.25, 0.3) is 0 Å². The van der Waals surface area contributed by atoms with Crippen LogP contribution in [0.25, 0.3) is 0 Å². The summed E-state index contributed by atoms with van der Waals surface area (Å²) < 4.78 is 38.1. The molecule has 1 atom stereocenters. The molecule has 18 heavy (non-hydrogen) atoms. The number of aryl methyl sites for hydroxylation is 1. The zero-order valence-corrected chi connectivity index (χ0v) is 10.5. The van der Waals surface area contributed by atoms with Gasteiger partial charge in [0.05, 0.1) is 5.56 Å². The predicted molar refractivity (Wildman–Crippen MR) is 65.9 cm³/mol. The number of likely N-dealkylation sites (N-methyl/N-ethyl adjacent to an activating group) is 1. The summed E-state index contributed by atoms with van der Waals surface area (Å²) in [4.78, 5) is 2.02. The third-order valence-electron chi connectivity index (χ3n) is 3.47. The summed E-state index contributed by atoms with van der Waals surface area (Å²) in [6, 6.07) is 4.31. The standard InChI is InChI=1S/C13H17F3N2/c1-9-3-4-10(13(14,15)16)7-12(9)18-6-5-11(8-18)17-2/h3-4,7,11,17H,5-6,8H2,1-2H3. The Hall–Kier alpha value is -1.23. The van der Waals surface area contributed by atoms with Crippen molar-refractivity contribution in [2.24, 2.45) is 0 Å². The van der Waals surface area contributed by atoms with E-state index in [9.17, 15) is 13.2 Å². The Labute approximate surface area is 105 Å². The van der Waals surface area contributed by atoms with Crippen LogP contribution in [-0.2, 0) is 6.18 Å². The minimum atomic E-state index is -4.27. The fourth-order valence-corrected chi connectivity index (χ4v) is 2.34. The molecule has 1 fully saturated rings. The van der Waals surface area contributed by atoms with Gasteiger partial charge < -0.3 is 10.2 Å². The van der Waals surface area contributed by atoms with Crippen molar-refractivity contribution in [3.05, 3.63) is 29.3 Å². The topological polar surface area (TPSA) is 15.3 Å². The molecule has 0 aromatic heterocycles. The van der Waals surface area contributed by atoms with Gasteiger partial charge in [0.15, 0.2) is 0 Å². The molecule has 1 aromatic rings. The fraction of sp³-hybridized carbons (Fsp3) is 0.538. The van der Waals surface area contributed by atoms with Crippen LogP contribution in [-0.4, -0.2) is 26.2 Å². The second kappa shape index (κ2) is 4.80. The maximum absolute atomic E-state index is 12.7. The highest BCUT2D eigenvalue weighted by molar-refractivity contribution is 5.56. The van der Waals surface area contributed by atoms with E-state index in [1.165, 1.54) is 6.07 Å². The molecular weight excluding hydrogens is 241 g/mol. The van der Waals surface area contributed by atoms with Gasteiger partial charge in [0.1, 0.15) is 0 Å². The van der Waals surface area contributed by atoms with Gasteiger partial charge in [-0.25, -0.2) is 0 Å². The first-order valence-corrected chi connectivity index (χ1v) is 6.02. The van der Waals surface area contributed by atoms with Crippen LogP contribution in [0.1, 0.15) is 17.5 Å². The second-order valence-electron chi connectivity index (χ2n) is 4.72. The van der Waals surface area contributed by atoms with Crippen molar-refractivity contribution in [3.63, 3.8) is 0 Å². The first-order valence-electron chi connectivity index (χ1n) is 6.02. The molecule has 1 N–H and O–H groups in total. The van der Waals surface area contributed by atoms with Crippen molar-refractivity contribution in [1.82, 2.24) is 5.32 Å². The van der Waals surface area contributed by atoms with Gasteiger partial charge in [0, 0.05) is 24.8 Å². The first kappa shape index (κ1) is 13.2. The highest BCUT2D eigenvalue weighted by atomic mass is 19.4. The number of nitrogens with zero attached hydrogens (tertiary/aromatic N) is 1. The molecule has 1 aromatic carbocycles. The highest BCUT2D eigenvalue weighted by Gasteiger charge is 2.32. The lowest BCUT2D eigenvalue weighted by atomic mass is 10.1. The summed E-state index contributed by atoms with van der Waals surface area (Å²) in [6.07, 6.45) is -3.31. The summed E-state index contributed by atoms with van der Waals surface area (Å²) >= 11 is 0. The third kappa shape index (κ3) is 2.61. The van der Waals surface area contributed by atoms with Gasteiger partial charge in [-0.2, -0.15) is 13.2 Å². The lowest BCUT2D eigenvalue weighted by molar-refractivity contribution is -0.137. The van der Waals surface area contributed by atoms with E-state index in [0.717, 1.165) is 31.1 Å². The molecule has 0 aliphatic carbocycles. The van der Waals surface area contributed by atoms with E-state index in [0.29, 0.717) is 11.7 Å². The number of halogens is 3. The van der Waals surface area contributed by atoms with E-state index < -0.39 is 11.7 Å². The molecular formula is C13H17F3N2. The minimum Gasteiger partial charge on any atom is -0.370 e. The van der Waals surface area contributed by atoms with Crippen molar-refractivity contribution in [2.45, 2.75) is 25.6 Å². The average molecular weight is 258 g/mol. The second-order valence-corrected chi connectivity index (χ2v) is 4.72. The smallest absolute Gasteiger partial charge is 0.370 e. The monoisotopic (exact) mass is 258 g/mol. The van der Waals surface area contributed by atoms with Gasteiger partial charge in [0.2, 0.25) is 0 Å². The maximum Gasteiger partial charge on any atom is 0.416 e. The van der Waals surface area contributed by atoms with Gasteiger partial charge >= 0.3 is 6.18 Å². The normalized spacial score (nSPS) is 20.5. The molecule has 5 heteroatoms. The van der Waals surface area contributed by atoms with Crippen LogP contribution in [0.4, 0.5) is 18.9 Å². The Morgan fingerprint density at radius 1 is 1.33 bits per heavy atom. The molecule has 0 saturated carbocycles. The number of benzene rings is 1. The molecule has 100 valence electrons. The van der Waals surface area contributed by atoms with Crippen molar-refractivity contribution in [2.75, 3.05) is 25.0 Å². The van der Waals surface area contributed by atoms with E-state index in [4.69, 9.17) is 0 Å². The van der Waals surface area contributed by atoms with Crippen LogP contribution in [0.5, 0.6) is 0 Å². The molecule has 0 spiro atoms. The molecule has 1 aliphatic rings. The van der Waals surface area contributed by atoms with Crippen LogP contribution in [0.15, 0.2) is 18.2 Å². The summed E-state index contributed by atoms with van der Waals surface area (Å²) in [5.41, 5.74) is 1.01. The van der Waals surface area contributed by atoms with Crippen molar-refractivity contribution in [1.29, 1.82) is 0 Å². The highest BCUT2D eigenvalue weighted by Crippen LogP contribution is 2.34. The Morgan fingerprint density at radius 3 is 2.61 bits per heavy atom. The summed E-state index contributed by atoms with van der Waals surface area (Å²) in [5.74, 6) is 0. The van der Waals surface area contributed by atoms with Crippen molar-refractivity contribution < 1.29 is 13.2 Å². The number of rotatable bonds is 2. The van der Waals surface area contributed by atoms with Gasteiger partial charge in [-0.05, 0) is 38.1 Å². The number of hydrogen-bond donors (Lipinski definition) is 1. The van der Waals surface area contributed by atoms with Crippen molar-refractivity contribution in [3.8, 4) is 0 Å². The number of anilines is 1. The number of hydrogen-bond acceptors (Lipinski definition) is 2. The molecule has 0 radical (unpaired) electrons. The molecule has 1 saturated heterocycles. The zero-order chi connectivity index (χ0) is 13.3. The Morgan fingerprint density at radius 2 is 2.06 bits per heavy atom. The Balaban J connectivity index is 2.27. The number of nitrogens with one attached hydrogen (secondary N) is 1. The van der Waals surface area contributed by atoms with E-state index in [-0.39, 0.29) is 0 Å². The lowest BCUT2D eigenvalue weighted by Crippen LogP contribution is -2.29. The largest absolute Gasteiger partial charge is 0.416 e. The summed E-state index contributed by atoms with van der Waals surface area (Å²) in [7, 11) is 1.88. The van der Waals surface area contributed by atoms with E-state index in [1.807, 2.05) is 18.9 Å². The molecule has 0 amide bonds. The third-order valence-corrected chi connectivity index (χ3v) is 3.47. The molecule has 2 nitrogen and oxygen atoms in total. The predicted octanol–water partition coefficient (Wildman–Crippen LogP) is 2.81. The average Bonchev–Trinajstić information content (AvgIpc) is 2.76. The molecule has 0 bridgehead atoms. The van der Waals surface area contributed by atoms with Crippen LogP contribution in [0.3, 0.4) is 0 Å². The van der Waals surface area contributed by atoms with Crippen LogP contribution in [0.2, 0.25) is 0 Å². The number of alkyl halides is 3. The maximum atomic E-state index is 12.7. The minimum absolute atomic E-state index is 0.360. The molecule has 1 heterocycles. The SMILES string of the molecule is CNC1CCN(c2cc(C(F)(F)F)ccc2C)C1. The lowest BCUT2D eigenvalue weighted by Gasteiger charge is -2.22. The zero-order valence-electron chi connectivity index (χ0n) is 10.5. The van der Waals surface area contributed by atoms with Crippen LogP contribution < -0.4 is 10.2 Å². The summed E-state index contributed by atoms with van der Waals surface area (Å²) in [5, 5.41) is 3.16. The van der Waals surface area contributed by atoms with Gasteiger partial charge in [-0.3, -0.25) is 0 Å². The van der Waals surface area contributed by atoms with E-state index in [1.54, 1.807) is 6.07 Å². The summed E-state index contributed by atoms with van der Waals surface area (Å²) in [6.45, 7) is 3.41. The molecule has 2 rings (SSSR count). The molecule has 1 unspecified atom stereocenters. The van der Waals surface area contributed by atoms with E-state index >= 15 is 0 Å². The van der Waals surface area contributed by atoms with E-state index in [2.05, 4.69) is 5.32 Å². The van der Waals surface area contributed by atoms with Gasteiger partial charge in [-0.1, -0.05) is 6.07 Å². The van der Waals surface area contributed by atoms with Crippen LogP contribution in [0, 0.1) is 6.92 Å². The van der Waals surface area contributed by atoms with Gasteiger partial charge in [-0.15, -0.1) is 0 Å². The fourth-order valence-electron chi connectivity index (χ4n) is 2.34. The molecule has 1 aliphatic heterocycles. The first-order chi connectivity index (χ1) is 8.41. The van der Waals surface area contributed by atoms with Crippen molar-refractivity contribution >= 4 is 5.69 Å². The Kier molecular flexibility index (Phi) is 3.52.